The highest BCUT2D eigenvalue weighted by Crippen LogP contribution is 2.10. The van der Waals surface area contributed by atoms with Crippen molar-refractivity contribution in [2.24, 2.45) is 0 Å². The number of esters is 1. The van der Waals surface area contributed by atoms with E-state index in [9.17, 15) is 4.79 Å². The Labute approximate surface area is 103 Å². The lowest BCUT2D eigenvalue weighted by Gasteiger charge is -2.04. The molecule has 0 unspecified atom stereocenters. The molecule has 0 bridgehead atoms. The third-order valence-corrected chi connectivity index (χ3v) is 2.67. The maximum absolute atomic E-state index is 11.0. The van der Waals surface area contributed by atoms with E-state index in [1.165, 1.54) is 25.7 Å². The van der Waals surface area contributed by atoms with Gasteiger partial charge in [-0.25, -0.2) is 4.79 Å². The zero-order chi connectivity index (χ0) is 10.8. The maximum Gasteiger partial charge on any atom is 0.330 e. The number of carbonyl (C=O) groups is 1. The Morgan fingerprint density at radius 1 is 1.14 bits per heavy atom. The summed E-state index contributed by atoms with van der Waals surface area (Å²) in [4.78, 5) is 11.0. The summed E-state index contributed by atoms with van der Waals surface area (Å²) in [5.41, 5.74) is 0. The fourth-order valence-corrected chi connectivity index (χ4v) is 1.38. The SMILES string of the molecule is CCCCCCCCOC(=O)C(Br)Br. The smallest absolute Gasteiger partial charge is 0.330 e. The van der Waals surface area contributed by atoms with Crippen molar-refractivity contribution in [1.29, 1.82) is 0 Å². The first-order valence-electron chi connectivity index (χ1n) is 5.13. The Morgan fingerprint density at radius 3 is 2.29 bits per heavy atom. The normalized spacial score (nSPS) is 10.6. The summed E-state index contributed by atoms with van der Waals surface area (Å²) in [5, 5.41) is 0. The van der Waals surface area contributed by atoms with Crippen LogP contribution in [0.3, 0.4) is 0 Å². The summed E-state index contributed by atoms with van der Waals surface area (Å²) in [6, 6.07) is 0. The highest BCUT2D eigenvalue weighted by atomic mass is 79.9. The molecule has 14 heavy (non-hydrogen) atoms. The average Bonchev–Trinajstić information content (AvgIpc) is 2.16. The third kappa shape index (κ3) is 9.00. The van der Waals surface area contributed by atoms with Crippen molar-refractivity contribution in [3.05, 3.63) is 0 Å². The van der Waals surface area contributed by atoms with Crippen LogP contribution in [0.4, 0.5) is 0 Å². The summed E-state index contributed by atoms with van der Waals surface area (Å²) in [5.74, 6) is -0.237. The van der Waals surface area contributed by atoms with Gasteiger partial charge in [-0.1, -0.05) is 70.9 Å². The van der Waals surface area contributed by atoms with Gasteiger partial charge in [0.25, 0.3) is 0 Å². The van der Waals surface area contributed by atoms with E-state index in [2.05, 4.69) is 38.8 Å². The van der Waals surface area contributed by atoms with Crippen molar-refractivity contribution >= 4 is 37.8 Å². The van der Waals surface area contributed by atoms with Gasteiger partial charge >= 0.3 is 5.97 Å². The lowest BCUT2D eigenvalue weighted by molar-refractivity contribution is -0.141. The highest BCUT2D eigenvalue weighted by molar-refractivity contribution is 9.25. The molecule has 0 aromatic heterocycles. The van der Waals surface area contributed by atoms with E-state index in [4.69, 9.17) is 4.74 Å². The standard InChI is InChI=1S/C10H18Br2O2/c1-2-3-4-5-6-7-8-14-10(13)9(11)12/h9H,2-8H2,1H3. The predicted molar refractivity (Wildman–Crippen MR) is 66.0 cm³/mol. The second kappa shape index (κ2) is 9.97. The fraction of sp³-hybridized carbons (Fsp3) is 0.900. The first-order valence-corrected chi connectivity index (χ1v) is 6.96. The minimum absolute atomic E-state index is 0.237. The Morgan fingerprint density at radius 2 is 1.71 bits per heavy atom. The molecule has 0 saturated carbocycles. The summed E-state index contributed by atoms with van der Waals surface area (Å²) in [7, 11) is 0. The number of hydrogen-bond donors (Lipinski definition) is 0. The van der Waals surface area contributed by atoms with Crippen molar-refractivity contribution in [3.63, 3.8) is 0 Å². The van der Waals surface area contributed by atoms with Gasteiger partial charge in [0.05, 0.1) is 6.61 Å². The van der Waals surface area contributed by atoms with E-state index in [0.717, 1.165) is 12.8 Å². The molecule has 0 aliphatic heterocycles. The summed E-state index contributed by atoms with van der Waals surface area (Å²) < 4.78 is 4.61. The van der Waals surface area contributed by atoms with Crippen molar-refractivity contribution < 1.29 is 9.53 Å². The van der Waals surface area contributed by atoms with Gasteiger partial charge in [-0.05, 0) is 6.42 Å². The lowest BCUT2D eigenvalue weighted by atomic mass is 10.1. The second-order valence-electron chi connectivity index (χ2n) is 3.24. The van der Waals surface area contributed by atoms with Gasteiger partial charge in [0, 0.05) is 0 Å². The molecule has 0 atom stereocenters. The first kappa shape index (κ1) is 14.4. The molecular formula is C10H18Br2O2. The first-order chi connectivity index (χ1) is 6.68. The third-order valence-electron chi connectivity index (χ3n) is 1.92. The van der Waals surface area contributed by atoms with Gasteiger partial charge in [0.15, 0.2) is 3.74 Å². The number of unbranched alkanes of at least 4 members (excludes halogenated alkanes) is 5. The largest absolute Gasteiger partial charge is 0.464 e. The second-order valence-corrected chi connectivity index (χ2v) is 6.30. The molecule has 84 valence electrons. The van der Waals surface area contributed by atoms with Crippen molar-refractivity contribution in [2.45, 2.75) is 49.2 Å². The van der Waals surface area contributed by atoms with Crippen molar-refractivity contribution in [2.75, 3.05) is 6.61 Å². The molecule has 2 nitrogen and oxygen atoms in total. The molecule has 0 spiro atoms. The van der Waals surface area contributed by atoms with E-state index < -0.39 is 0 Å². The number of alkyl halides is 2. The van der Waals surface area contributed by atoms with Crippen LogP contribution >= 0.6 is 31.9 Å². The maximum atomic E-state index is 11.0. The molecule has 0 aliphatic rings. The molecule has 0 N–H and O–H groups in total. The van der Waals surface area contributed by atoms with Gasteiger partial charge < -0.3 is 4.74 Å². The number of carbonyl (C=O) groups excluding carboxylic acids is 1. The van der Waals surface area contributed by atoms with Gasteiger partial charge in [-0.3, -0.25) is 0 Å². The molecule has 0 aromatic rings. The minimum Gasteiger partial charge on any atom is -0.464 e. The van der Waals surface area contributed by atoms with E-state index in [1.807, 2.05) is 0 Å². The Hall–Kier alpha value is 0.430. The summed E-state index contributed by atoms with van der Waals surface area (Å²) >= 11 is 6.17. The number of ether oxygens (including phenoxy) is 1. The Bertz CT molecular complexity index is 149. The van der Waals surface area contributed by atoms with E-state index in [0.29, 0.717) is 6.61 Å². The Balaban J connectivity index is 3.10. The van der Waals surface area contributed by atoms with Crippen LogP contribution in [0.5, 0.6) is 0 Å². The number of hydrogen-bond acceptors (Lipinski definition) is 2. The summed E-state index contributed by atoms with van der Waals surface area (Å²) in [6.45, 7) is 2.74. The molecule has 0 aromatic carbocycles. The van der Waals surface area contributed by atoms with Crippen LogP contribution in [0.2, 0.25) is 0 Å². The van der Waals surface area contributed by atoms with E-state index >= 15 is 0 Å². The average molecular weight is 330 g/mol. The Kier molecular flexibility index (Phi) is 10.3. The lowest BCUT2D eigenvalue weighted by Crippen LogP contribution is -2.12. The topological polar surface area (TPSA) is 26.3 Å². The molecule has 0 rings (SSSR count). The predicted octanol–water partition coefficient (Wildman–Crippen LogP) is 4.01. The van der Waals surface area contributed by atoms with Crippen molar-refractivity contribution in [3.8, 4) is 0 Å². The van der Waals surface area contributed by atoms with Crippen LogP contribution in [-0.2, 0) is 9.53 Å². The molecule has 0 fully saturated rings. The van der Waals surface area contributed by atoms with Gasteiger partial charge in [0.2, 0.25) is 0 Å². The van der Waals surface area contributed by atoms with Gasteiger partial charge in [0.1, 0.15) is 0 Å². The van der Waals surface area contributed by atoms with Crippen LogP contribution in [-0.4, -0.2) is 16.3 Å². The van der Waals surface area contributed by atoms with Crippen LogP contribution < -0.4 is 0 Å². The quantitative estimate of drug-likeness (QED) is 0.382. The monoisotopic (exact) mass is 328 g/mol. The van der Waals surface area contributed by atoms with Crippen LogP contribution in [0.15, 0.2) is 0 Å². The minimum atomic E-state index is -0.366. The molecule has 0 radical (unpaired) electrons. The highest BCUT2D eigenvalue weighted by Gasteiger charge is 2.10. The fourth-order valence-electron chi connectivity index (χ4n) is 1.12. The van der Waals surface area contributed by atoms with E-state index in [1.54, 1.807) is 0 Å². The van der Waals surface area contributed by atoms with Gasteiger partial charge in [-0.2, -0.15) is 0 Å². The molecule has 0 heterocycles. The number of rotatable bonds is 8. The van der Waals surface area contributed by atoms with E-state index in [-0.39, 0.29) is 9.71 Å². The van der Waals surface area contributed by atoms with Crippen LogP contribution in [0.1, 0.15) is 45.4 Å². The molecule has 4 heteroatoms. The molecular weight excluding hydrogens is 312 g/mol. The molecule has 0 amide bonds. The summed E-state index contributed by atoms with van der Waals surface area (Å²) in [6.07, 6.45) is 7.25. The zero-order valence-electron chi connectivity index (χ0n) is 8.60. The molecule has 0 aliphatic carbocycles. The zero-order valence-corrected chi connectivity index (χ0v) is 11.8. The molecule has 0 saturated heterocycles. The van der Waals surface area contributed by atoms with Crippen molar-refractivity contribution in [1.82, 2.24) is 0 Å². The van der Waals surface area contributed by atoms with Gasteiger partial charge in [-0.15, -0.1) is 0 Å². The number of halogens is 2. The van der Waals surface area contributed by atoms with Crippen LogP contribution in [0.25, 0.3) is 0 Å². The van der Waals surface area contributed by atoms with Crippen LogP contribution in [0, 0.1) is 0 Å².